The van der Waals surface area contributed by atoms with Gasteiger partial charge in [0.1, 0.15) is 17.6 Å². The zero-order valence-electron chi connectivity index (χ0n) is 11.8. The van der Waals surface area contributed by atoms with Gasteiger partial charge in [0.15, 0.2) is 0 Å². The molecule has 1 aromatic carbocycles. The van der Waals surface area contributed by atoms with Crippen molar-refractivity contribution in [1.29, 1.82) is 0 Å². The maximum absolute atomic E-state index is 6.24. The molecule has 1 N–H and O–H groups in total. The third kappa shape index (κ3) is 2.10. The van der Waals surface area contributed by atoms with E-state index in [-0.39, 0.29) is 0 Å². The highest BCUT2D eigenvalue weighted by Gasteiger charge is 2.56. The Hall–Kier alpha value is -1.22. The number of rotatable bonds is 4. The lowest BCUT2D eigenvalue weighted by Gasteiger charge is -2.53. The SMILES string of the molecule is CNC1CC(Oc2cccc(OC)c2)C12CCCC2. The average molecular weight is 261 g/mol. The maximum atomic E-state index is 6.24. The fourth-order valence-electron chi connectivity index (χ4n) is 3.86. The summed E-state index contributed by atoms with van der Waals surface area (Å²) in [5, 5.41) is 3.47. The zero-order chi connectivity index (χ0) is 13.3. The Kier molecular flexibility index (Phi) is 3.40. The number of nitrogens with one attached hydrogen (secondary N) is 1. The van der Waals surface area contributed by atoms with E-state index in [1.807, 2.05) is 24.3 Å². The minimum atomic E-state index is 0.361. The van der Waals surface area contributed by atoms with E-state index in [0.29, 0.717) is 17.6 Å². The Morgan fingerprint density at radius 3 is 2.63 bits per heavy atom. The minimum absolute atomic E-state index is 0.361. The number of benzene rings is 1. The Labute approximate surface area is 115 Å². The highest BCUT2D eigenvalue weighted by atomic mass is 16.5. The highest BCUT2D eigenvalue weighted by Crippen LogP contribution is 2.54. The van der Waals surface area contributed by atoms with E-state index in [1.54, 1.807) is 7.11 Å². The standard InChI is InChI=1S/C16H23NO2/c1-17-14-11-15(16(14)8-3-4-9-16)19-13-7-5-6-12(10-13)18-2/h5-7,10,14-15,17H,3-4,8-9,11H2,1-2H3. The first kappa shape index (κ1) is 12.8. The van der Waals surface area contributed by atoms with Gasteiger partial charge in [-0.1, -0.05) is 18.9 Å². The summed E-state index contributed by atoms with van der Waals surface area (Å²) in [5.74, 6) is 1.80. The predicted octanol–water partition coefficient (Wildman–Crippen LogP) is 2.99. The van der Waals surface area contributed by atoms with E-state index in [9.17, 15) is 0 Å². The molecular formula is C16H23NO2. The molecular weight excluding hydrogens is 238 g/mol. The van der Waals surface area contributed by atoms with E-state index in [0.717, 1.165) is 17.9 Å². The topological polar surface area (TPSA) is 30.5 Å². The molecule has 2 atom stereocenters. The lowest BCUT2D eigenvalue weighted by Crippen LogP contribution is -2.63. The van der Waals surface area contributed by atoms with Crippen LogP contribution in [0.25, 0.3) is 0 Å². The molecule has 19 heavy (non-hydrogen) atoms. The van der Waals surface area contributed by atoms with Gasteiger partial charge in [0.2, 0.25) is 0 Å². The van der Waals surface area contributed by atoms with Crippen molar-refractivity contribution in [2.45, 2.75) is 44.2 Å². The van der Waals surface area contributed by atoms with Crippen molar-refractivity contribution < 1.29 is 9.47 Å². The number of hydrogen-bond donors (Lipinski definition) is 1. The molecule has 2 aliphatic carbocycles. The molecule has 3 nitrogen and oxygen atoms in total. The van der Waals surface area contributed by atoms with Crippen molar-refractivity contribution in [3.8, 4) is 11.5 Å². The molecule has 0 saturated heterocycles. The lowest BCUT2D eigenvalue weighted by atomic mass is 9.60. The van der Waals surface area contributed by atoms with Gasteiger partial charge >= 0.3 is 0 Å². The summed E-state index contributed by atoms with van der Waals surface area (Å²) < 4.78 is 11.5. The van der Waals surface area contributed by atoms with Crippen molar-refractivity contribution in [2.75, 3.05) is 14.2 Å². The maximum Gasteiger partial charge on any atom is 0.123 e. The van der Waals surface area contributed by atoms with Gasteiger partial charge in [-0.25, -0.2) is 0 Å². The van der Waals surface area contributed by atoms with E-state index < -0.39 is 0 Å². The van der Waals surface area contributed by atoms with E-state index in [4.69, 9.17) is 9.47 Å². The second kappa shape index (κ2) is 5.04. The van der Waals surface area contributed by atoms with Crippen LogP contribution in [-0.2, 0) is 0 Å². The van der Waals surface area contributed by atoms with Crippen LogP contribution < -0.4 is 14.8 Å². The van der Waals surface area contributed by atoms with Crippen LogP contribution in [0.3, 0.4) is 0 Å². The molecule has 1 spiro atoms. The first-order chi connectivity index (χ1) is 9.28. The normalized spacial score (nSPS) is 28.1. The molecule has 0 aliphatic heterocycles. The van der Waals surface area contributed by atoms with Crippen LogP contribution in [0, 0.1) is 5.41 Å². The zero-order valence-corrected chi connectivity index (χ0v) is 11.8. The van der Waals surface area contributed by atoms with Crippen molar-refractivity contribution in [2.24, 2.45) is 5.41 Å². The Morgan fingerprint density at radius 2 is 1.95 bits per heavy atom. The molecule has 0 heterocycles. The Balaban J connectivity index is 1.73. The minimum Gasteiger partial charge on any atom is -0.497 e. The van der Waals surface area contributed by atoms with E-state index in [2.05, 4.69) is 12.4 Å². The molecule has 2 aliphatic rings. The van der Waals surface area contributed by atoms with Crippen LogP contribution in [0.4, 0.5) is 0 Å². The summed E-state index contributed by atoms with van der Waals surface area (Å²) >= 11 is 0. The van der Waals surface area contributed by atoms with Gasteiger partial charge in [-0.05, 0) is 32.0 Å². The fraction of sp³-hybridized carbons (Fsp3) is 0.625. The first-order valence-corrected chi connectivity index (χ1v) is 7.26. The second-order valence-electron chi connectivity index (χ2n) is 5.80. The lowest BCUT2D eigenvalue weighted by molar-refractivity contribution is -0.0736. The van der Waals surface area contributed by atoms with Crippen LogP contribution in [-0.4, -0.2) is 26.3 Å². The molecule has 0 aromatic heterocycles. The quantitative estimate of drug-likeness (QED) is 0.904. The first-order valence-electron chi connectivity index (χ1n) is 7.26. The molecule has 0 amide bonds. The second-order valence-corrected chi connectivity index (χ2v) is 5.80. The molecule has 3 rings (SSSR count). The number of methoxy groups -OCH3 is 1. The van der Waals surface area contributed by atoms with Crippen LogP contribution in [0.15, 0.2) is 24.3 Å². The monoisotopic (exact) mass is 261 g/mol. The van der Waals surface area contributed by atoms with Gasteiger partial charge in [0.25, 0.3) is 0 Å². The molecule has 0 bridgehead atoms. The molecule has 2 saturated carbocycles. The smallest absolute Gasteiger partial charge is 0.123 e. The van der Waals surface area contributed by atoms with Gasteiger partial charge in [-0.2, -0.15) is 0 Å². The molecule has 3 heteroatoms. The molecule has 2 fully saturated rings. The van der Waals surface area contributed by atoms with Crippen LogP contribution in [0.5, 0.6) is 11.5 Å². The molecule has 104 valence electrons. The van der Waals surface area contributed by atoms with Gasteiger partial charge in [0.05, 0.1) is 7.11 Å². The largest absolute Gasteiger partial charge is 0.497 e. The van der Waals surface area contributed by atoms with E-state index >= 15 is 0 Å². The Bertz CT molecular complexity index is 440. The van der Waals surface area contributed by atoms with Crippen molar-refractivity contribution in [3.05, 3.63) is 24.3 Å². The highest BCUT2D eigenvalue weighted by molar-refractivity contribution is 5.33. The molecule has 0 radical (unpaired) electrons. The van der Waals surface area contributed by atoms with Gasteiger partial charge in [-0.3, -0.25) is 0 Å². The summed E-state index contributed by atoms with van der Waals surface area (Å²) in [6.45, 7) is 0. The summed E-state index contributed by atoms with van der Waals surface area (Å²) in [7, 11) is 3.77. The summed E-state index contributed by atoms with van der Waals surface area (Å²) in [6.07, 6.45) is 6.76. The van der Waals surface area contributed by atoms with Crippen molar-refractivity contribution in [3.63, 3.8) is 0 Å². The third-order valence-corrected chi connectivity index (χ3v) is 4.99. The van der Waals surface area contributed by atoms with Gasteiger partial charge < -0.3 is 14.8 Å². The average Bonchev–Trinajstić information content (AvgIpc) is 2.95. The van der Waals surface area contributed by atoms with Crippen molar-refractivity contribution in [1.82, 2.24) is 5.32 Å². The fourth-order valence-corrected chi connectivity index (χ4v) is 3.86. The van der Waals surface area contributed by atoms with Gasteiger partial charge in [-0.15, -0.1) is 0 Å². The van der Waals surface area contributed by atoms with Crippen LogP contribution in [0.1, 0.15) is 32.1 Å². The van der Waals surface area contributed by atoms with Crippen LogP contribution in [0.2, 0.25) is 0 Å². The number of hydrogen-bond acceptors (Lipinski definition) is 3. The van der Waals surface area contributed by atoms with E-state index in [1.165, 1.54) is 25.7 Å². The molecule has 2 unspecified atom stereocenters. The summed E-state index contributed by atoms with van der Waals surface area (Å²) in [5.41, 5.74) is 0.373. The summed E-state index contributed by atoms with van der Waals surface area (Å²) in [4.78, 5) is 0. The predicted molar refractivity (Wildman–Crippen MR) is 75.8 cm³/mol. The Morgan fingerprint density at radius 1 is 1.21 bits per heavy atom. The van der Waals surface area contributed by atoms with Crippen molar-refractivity contribution >= 4 is 0 Å². The summed E-state index contributed by atoms with van der Waals surface area (Å²) in [6, 6.07) is 8.58. The molecule has 1 aromatic rings. The van der Waals surface area contributed by atoms with Crippen LogP contribution >= 0.6 is 0 Å². The number of ether oxygens (including phenoxy) is 2. The third-order valence-electron chi connectivity index (χ3n) is 4.99. The van der Waals surface area contributed by atoms with Gasteiger partial charge in [0, 0.05) is 23.9 Å².